The van der Waals surface area contributed by atoms with Crippen molar-refractivity contribution >= 4 is 29.9 Å². The molecule has 0 aromatic heterocycles. The van der Waals surface area contributed by atoms with Crippen molar-refractivity contribution in [3.05, 3.63) is 0 Å². The number of halogens is 1. The van der Waals surface area contributed by atoms with Crippen molar-refractivity contribution in [1.82, 2.24) is 10.2 Å². The molecule has 2 fully saturated rings. The summed E-state index contributed by atoms with van der Waals surface area (Å²) in [5, 5.41) is 3.23. The fourth-order valence-corrected chi connectivity index (χ4v) is 2.79. The van der Waals surface area contributed by atoms with Gasteiger partial charge in [-0.3, -0.25) is 9.89 Å². The van der Waals surface area contributed by atoms with Crippen LogP contribution in [0.3, 0.4) is 0 Å². The zero-order chi connectivity index (χ0) is 12.8. The molecule has 1 heterocycles. The maximum atomic E-state index is 5.89. The van der Waals surface area contributed by atoms with Gasteiger partial charge < -0.3 is 11.1 Å². The first kappa shape index (κ1) is 17.0. The summed E-state index contributed by atoms with van der Waals surface area (Å²) in [5.41, 5.74) is 5.89. The number of likely N-dealkylation sites (N-methyl/N-ethyl adjacent to an activating group) is 1. The summed E-state index contributed by atoms with van der Waals surface area (Å²) in [6, 6.07) is 0.613. The molecule has 1 saturated carbocycles. The maximum Gasteiger partial charge on any atom is 0.188 e. The molecular formula is C14H29IN4. The van der Waals surface area contributed by atoms with Gasteiger partial charge in [-0.2, -0.15) is 0 Å². The number of rotatable bonds is 7. The second kappa shape index (κ2) is 9.00. The van der Waals surface area contributed by atoms with E-state index in [2.05, 4.69) is 22.1 Å². The van der Waals surface area contributed by atoms with Gasteiger partial charge in [0.25, 0.3) is 0 Å². The van der Waals surface area contributed by atoms with Crippen molar-refractivity contribution < 1.29 is 0 Å². The Labute approximate surface area is 134 Å². The number of hydrogen-bond donors (Lipinski definition) is 2. The summed E-state index contributed by atoms with van der Waals surface area (Å²) < 4.78 is 0. The van der Waals surface area contributed by atoms with E-state index < -0.39 is 0 Å². The zero-order valence-electron chi connectivity index (χ0n) is 12.1. The van der Waals surface area contributed by atoms with Gasteiger partial charge in [-0.05, 0) is 44.7 Å². The van der Waals surface area contributed by atoms with Crippen LogP contribution in [0.4, 0.5) is 0 Å². The minimum absolute atomic E-state index is 0. The van der Waals surface area contributed by atoms with E-state index in [9.17, 15) is 0 Å². The lowest BCUT2D eigenvalue weighted by Crippen LogP contribution is -2.36. The highest BCUT2D eigenvalue weighted by Gasteiger charge is 2.22. The second-order valence-corrected chi connectivity index (χ2v) is 5.66. The Kier molecular flexibility index (Phi) is 8.06. The maximum absolute atomic E-state index is 5.89. The Bertz CT molecular complexity index is 279. The largest absolute Gasteiger partial charge is 0.370 e. The molecule has 0 aromatic carbocycles. The summed E-state index contributed by atoms with van der Waals surface area (Å²) >= 11 is 0. The first-order valence-electron chi connectivity index (χ1n) is 7.57. The third kappa shape index (κ3) is 6.29. The molecule has 2 aliphatic rings. The Morgan fingerprint density at radius 2 is 2.16 bits per heavy atom. The highest BCUT2D eigenvalue weighted by molar-refractivity contribution is 14.0. The van der Waals surface area contributed by atoms with Crippen molar-refractivity contribution in [3.63, 3.8) is 0 Å². The van der Waals surface area contributed by atoms with Crippen LogP contribution in [0.25, 0.3) is 0 Å². The molecule has 4 nitrogen and oxygen atoms in total. The summed E-state index contributed by atoms with van der Waals surface area (Å²) in [6.07, 6.45) is 8.04. The highest BCUT2D eigenvalue weighted by Crippen LogP contribution is 2.33. The number of hydrogen-bond acceptors (Lipinski definition) is 2. The number of nitrogens with one attached hydrogen (secondary N) is 1. The molecule has 1 aliphatic heterocycles. The Hall–Kier alpha value is -0.0400. The molecule has 1 unspecified atom stereocenters. The van der Waals surface area contributed by atoms with E-state index >= 15 is 0 Å². The normalized spacial score (nSPS) is 24.3. The van der Waals surface area contributed by atoms with Gasteiger partial charge in [-0.25, -0.2) is 0 Å². The molecule has 5 heteroatoms. The minimum atomic E-state index is 0. The smallest absolute Gasteiger partial charge is 0.188 e. The van der Waals surface area contributed by atoms with E-state index in [0.717, 1.165) is 25.6 Å². The van der Waals surface area contributed by atoms with Crippen molar-refractivity contribution in [1.29, 1.82) is 0 Å². The molecule has 1 saturated heterocycles. The summed E-state index contributed by atoms with van der Waals surface area (Å²) in [4.78, 5) is 6.98. The van der Waals surface area contributed by atoms with Crippen molar-refractivity contribution in [3.8, 4) is 0 Å². The lowest BCUT2D eigenvalue weighted by molar-refractivity contribution is 0.273. The van der Waals surface area contributed by atoms with Crippen LogP contribution >= 0.6 is 24.0 Å². The Morgan fingerprint density at radius 1 is 1.37 bits per heavy atom. The second-order valence-electron chi connectivity index (χ2n) is 5.66. The van der Waals surface area contributed by atoms with Gasteiger partial charge >= 0.3 is 0 Å². The first-order chi connectivity index (χ1) is 8.79. The van der Waals surface area contributed by atoms with Crippen molar-refractivity contribution in [2.45, 2.75) is 51.5 Å². The third-order valence-electron chi connectivity index (χ3n) is 4.17. The summed E-state index contributed by atoms with van der Waals surface area (Å²) in [5.74, 6) is 1.65. The van der Waals surface area contributed by atoms with Crippen LogP contribution < -0.4 is 11.1 Å². The van der Waals surface area contributed by atoms with E-state index in [1.54, 1.807) is 0 Å². The van der Waals surface area contributed by atoms with Crippen LogP contribution in [0.1, 0.15) is 45.4 Å². The highest BCUT2D eigenvalue weighted by atomic mass is 127. The predicted octanol–water partition coefficient (Wildman–Crippen LogP) is 2.18. The van der Waals surface area contributed by atoms with Gasteiger partial charge in [0, 0.05) is 12.6 Å². The molecule has 0 spiro atoms. The molecule has 0 amide bonds. The summed E-state index contributed by atoms with van der Waals surface area (Å²) in [6.45, 7) is 6.42. The number of guanidine groups is 1. The fraction of sp³-hybridized carbons (Fsp3) is 0.929. The third-order valence-corrected chi connectivity index (χ3v) is 4.17. The standard InChI is InChI=1S/C14H28N4.HI/c1-2-18-10-4-6-13(18)11-17-14(15)16-9-3-5-12-7-8-12;/h12-13H,2-11H2,1H3,(H3,15,16,17);1H. The average Bonchev–Trinajstić information content (AvgIpc) is 3.09. The minimum Gasteiger partial charge on any atom is -0.370 e. The number of nitrogens with two attached hydrogens (primary N) is 1. The van der Waals surface area contributed by atoms with Crippen LogP contribution in [-0.4, -0.2) is 43.1 Å². The first-order valence-corrected chi connectivity index (χ1v) is 7.57. The molecular weight excluding hydrogens is 351 g/mol. The van der Waals surface area contributed by atoms with Crippen LogP contribution in [0, 0.1) is 5.92 Å². The van der Waals surface area contributed by atoms with E-state index in [4.69, 9.17) is 5.73 Å². The monoisotopic (exact) mass is 380 g/mol. The van der Waals surface area contributed by atoms with Gasteiger partial charge in [0.1, 0.15) is 0 Å². The number of nitrogens with zero attached hydrogens (tertiary/aromatic N) is 2. The lowest BCUT2D eigenvalue weighted by Gasteiger charge is -2.20. The molecule has 3 N–H and O–H groups in total. The molecule has 2 rings (SSSR count). The topological polar surface area (TPSA) is 53.6 Å². The molecule has 0 aromatic rings. The lowest BCUT2D eigenvalue weighted by atomic mass is 10.2. The van der Waals surface area contributed by atoms with Crippen LogP contribution in [0.15, 0.2) is 4.99 Å². The number of likely N-dealkylation sites (tertiary alicyclic amines) is 1. The quantitative estimate of drug-likeness (QED) is 0.308. The molecule has 1 atom stereocenters. The number of aliphatic imine (C=N–C) groups is 1. The van der Waals surface area contributed by atoms with Gasteiger partial charge in [0.05, 0.1) is 6.54 Å². The van der Waals surface area contributed by atoms with Gasteiger partial charge in [-0.1, -0.05) is 19.8 Å². The van der Waals surface area contributed by atoms with Crippen LogP contribution in [0.2, 0.25) is 0 Å². The van der Waals surface area contributed by atoms with Gasteiger partial charge in [-0.15, -0.1) is 24.0 Å². The summed E-state index contributed by atoms with van der Waals surface area (Å²) in [7, 11) is 0. The molecule has 0 radical (unpaired) electrons. The van der Waals surface area contributed by atoms with E-state index in [1.165, 1.54) is 45.1 Å². The molecule has 0 bridgehead atoms. The van der Waals surface area contributed by atoms with E-state index in [0.29, 0.717) is 12.0 Å². The Morgan fingerprint density at radius 3 is 2.84 bits per heavy atom. The molecule has 1 aliphatic carbocycles. The predicted molar refractivity (Wildman–Crippen MR) is 92.1 cm³/mol. The van der Waals surface area contributed by atoms with Crippen LogP contribution in [0.5, 0.6) is 0 Å². The van der Waals surface area contributed by atoms with Crippen molar-refractivity contribution in [2.24, 2.45) is 16.6 Å². The SMILES string of the molecule is CCN1CCCC1CN=C(N)NCCCC1CC1.I. The average molecular weight is 380 g/mol. The fourth-order valence-electron chi connectivity index (χ4n) is 2.79. The molecule has 112 valence electrons. The Balaban J connectivity index is 0.00000180. The van der Waals surface area contributed by atoms with Crippen LogP contribution in [-0.2, 0) is 0 Å². The van der Waals surface area contributed by atoms with Gasteiger partial charge in [0.2, 0.25) is 0 Å². The van der Waals surface area contributed by atoms with Crippen molar-refractivity contribution in [2.75, 3.05) is 26.2 Å². The molecule has 19 heavy (non-hydrogen) atoms. The zero-order valence-corrected chi connectivity index (χ0v) is 14.4. The van der Waals surface area contributed by atoms with Gasteiger partial charge in [0.15, 0.2) is 5.96 Å². The van der Waals surface area contributed by atoms with E-state index in [1.807, 2.05) is 0 Å². The van der Waals surface area contributed by atoms with E-state index in [-0.39, 0.29) is 24.0 Å².